The van der Waals surface area contributed by atoms with Gasteiger partial charge in [-0.15, -0.1) is 0 Å². The molecule has 1 N–H and O–H groups in total. The van der Waals surface area contributed by atoms with Crippen molar-refractivity contribution in [3.8, 4) is 0 Å². The standard InChI is InChI=1S/C14H22N2O2/c1-4-16(12(3)8-9-14(17)18)10-13-7-5-6-11(2)15-13/h5-7,12H,4,8-10H2,1-3H3,(H,17,18). The van der Waals surface area contributed by atoms with E-state index in [4.69, 9.17) is 5.11 Å². The van der Waals surface area contributed by atoms with Gasteiger partial charge in [-0.2, -0.15) is 0 Å². The highest BCUT2D eigenvalue weighted by molar-refractivity contribution is 5.66. The van der Waals surface area contributed by atoms with Crippen LogP contribution in [0.4, 0.5) is 0 Å². The maximum Gasteiger partial charge on any atom is 0.303 e. The molecule has 1 rings (SSSR count). The van der Waals surface area contributed by atoms with E-state index in [0.29, 0.717) is 6.42 Å². The van der Waals surface area contributed by atoms with Gasteiger partial charge in [0.1, 0.15) is 0 Å². The summed E-state index contributed by atoms with van der Waals surface area (Å²) in [5.41, 5.74) is 2.06. The molecule has 4 nitrogen and oxygen atoms in total. The summed E-state index contributed by atoms with van der Waals surface area (Å²) in [6.07, 6.45) is 0.897. The smallest absolute Gasteiger partial charge is 0.303 e. The van der Waals surface area contributed by atoms with Gasteiger partial charge < -0.3 is 5.11 Å². The van der Waals surface area contributed by atoms with Crippen LogP contribution in [0.2, 0.25) is 0 Å². The molecule has 100 valence electrons. The third kappa shape index (κ3) is 4.84. The molecule has 1 aromatic heterocycles. The molecule has 0 saturated heterocycles. The number of carboxylic acid groups (broad SMARTS) is 1. The molecule has 0 bridgehead atoms. The number of rotatable bonds is 7. The SMILES string of the molecule is CCN(Cc1cccc(C)n1)C(C)CCC(=O)O. The summed E-state index contributed by atoms with van der Waals surface area (Å²) in [7, 11) is 0. The average molecular weight is 250 g/mol. The van der Waals surface area contributed by atoms with Gasteiger partial charge in [0.05, 0.1) is 5.69 Å². The number of aromatic nitrogens is 1. The monoisotopic (exact) mass is 250 g/mol. The number of carbonyl (C=O) groups is 1. The molecular formula is C14H22N2O2. The maximum absolute atomic E-state index is 10.6. The quantitative estimate of drug-likeness (QED) is 0.807. The summed E-state index contributed by atoms with van der Waals surface area (Å²) in [5.74, 6) is -0.730. The van der Waals surface area contributed by atoms with E-state index in [1.807, 2.05) is 25.1 Å². The van der Waals surface area contributed by atoms with Crippen molar-refractivity contribution in [2.75, 3.05) is 6.54 Å². The van der Waals surface area contributed by atoms with Crippen molar-refractivity contribution in [3.63, 3.8) is 0 Å². The Morgan fingerprint density at radius 1 is 1.50 bits per heavy atom. The molecule has 0 aliphatic heterocycles. The number of pyridine rings is 1. The van der Waals surface area contributed by atoms with Crippen molar-refractivity contribution in [1.29, 1.82) is 0 Å². The van der Waals surface area contributed by atoms with Crippen molar-refractivity contribution < 1.29 is 9.90 Å². The van der Waals surface area contributed by atoms with Crippen LogP contribution >= 0.6 is 0 Å². The van der Waals surface area contributed by atoms with E-state index in [9.17, 15) is 4.79 Å². The van der Waals surface area contributed by atoms with Gasteiger partial charge in [0.25, 0.3) is 0 Å². The minimum Gasteiger partial charge on any atom is -0.481 e. The second-order valence-corrected chi connectivity index (χ2v) is 4.61. The zero-order chi connectivity index (χ0) is 13.5. The number of hydrogen-bond acceptors (Lipinski definition) is 3. The molecule has 0 radical (unpaired) electrons. The first-order chi connectivity index (χ1) is 8.52. The lowest BCUT2D eigenvalue weighted by Crippen LogP contribution is -2.33. The van der Waals surface area contributed by atoms with E-state index >= 15 is 0 Å². The van der Waals surface area contributed by atoms with Gasteiger partial charge in [-0.3, -0.25) is 14.7 Å². The average Bonchev–Trinajstić information content (AvgIpc) is 2.33. The van der Waals surface area contributed by atoms with Gasteiger partial charge in [-0.25, -0.2) is 0 Å². The second-order valence-electron chi connectivity index (χ2n) is 4.61. The molecule has 1 aromatic rings. The minimum absolute atomic E-state index is 0.221. The first kappa shape index (κ1) is 14.6. The molecule has 1 atom stereocenters. The zero-order valence-corrected chi connectivity index (χ0v) is 11.4. The van der Waals surface area contributed by atoms with E-state index in [-0.39, 0.29) is 12.5 Å². The van der Waals surface area contributed by atoms with Crippen molar-refractivity contribution in [3.05, 3.63) is 29.6 Å². The van der Waals surface area contributed by atoms with E-state index in [1.165, 1.54) is 0 Å². The molecule has 0 aromatic carbocycles. The van der Waals surface area contributed by atoms with Gasteiger partial charge in [0, 0.05) is 24.7 Å². The normalized spacial score (nSPS) is 12.7. The van der Waals surface area contributed by atoms with Crippen LogP contribution in [0, 0.1) is 6.92 Å². The highest BCUT2D eigenvalue weighted by Gasteiger charge is 2.14. The van der Waals surface area contributed by atoms with Crippen LogP contribution in [0.3, 0.4) is 0 Å². The van der Waals surface area contributed by atoms with Gasteiger partial charge >= 0.3 is 5.97 Å². The van der Waals surface area contributed by atoms with Crippen LogP contribution < -0.4 is 0 Å². The summed E-state index contributed by atoms with van der Waals surface area (Å²) in [4.78, 5) is 17.3. The fraction of sp³-hybridized carbons (Fsp3) is 0.571. The highest BCUT2D eigenvalue weighted by Crippen LogP contribution is 2.11. The molecule has 0 spiro atoms. The Hall–Kier alpha value is -1.42. The molecule has 4 heteroatoms. The summed E-state index contributed by atoms with van der Waals surface area (Å²) in [6, 6.07) is 6.26. The molecular weight excluding hydrogens is 228 g/mol. The molecule has 18 heavy (non-hydrogen) atoms. The lowest BCUT2D eigenvalue weighted by Gasteiger charge is -2.27. The predicted octanol–water partition coefficient (Wildman–Crippen LogP) is 2.47. The van der Waals surface area contributed by atoms with Gasteiger partial charge in [-0.1, -0.05) is 13.0 Å². The minimum atomic E-state index is -0.730. The largest absolute Gasteiger partial charge is 0.481 e. The third-order valence-electron chi connectivity index (χ3n) is 3.12. The predicted molar refractivity (Wildman–Crippen MR) is 71.4 cm³/mol. The Morgan fingerprint density at radius 3 is 2.78 bits per heavy atom. The first-order valence-electron chi connectivity index (χ1n) is 6.41. The topological polar surface area (TPSA) is 53.4 Å². The molecule has 0 amide bonds. The first-order valence-corrected chi connectivity index (χ1v) is 6.41. The van der Waals surface area contributed by atoms with Gasteiger partial charge in [-0.05, 0) is 38.9 Å². The van der Waals surface area contributed by atoms with Crippen LogP contribution in [0.15, 0.2) is 18.2 Å². The Morgan fingerprint density at radius 2 is 2.22 bits per heavy atom. The summed E-state index contributed by atoms with van der Waals surface area (Å²) < 4.78 is 0. The Balaban J connectivity index is 2.58. The van der Waals surface area contributed by atoms with Crippen LogP contribution in [-0.2, 0) is 11.3 Å². The number of nitrogens with zero attached hydrogens (tertiary/aromatic N) is 2. The van der Waals surface area contributed by atoms with Crippen LogP contribution in [0.1, 0.15) is 38.1 Å². The fourth-order valence-corrected chi connectivity index (χ4v) is 1.99. The molecule has 0 fully saturated rings. The highest BCUT2D eigenvalue weighted by atomic mass is 16.4. The Bertz CT molecular complexity index is 393. The van der Waals surface area contributed by atoms with E-state index < -0.39 is 5.97 Å². The molecule has 1 heterocycles. The van der Waals surface area contributed by atoms with Crippen molar-refractivity contribution in [2.45, 2.75) is 46.2 Å². The van der Waals surface area contributed by atoms with E-state index in [1.54, 1.807) is 0 Å². The van der Waals surface area contributed by atoms with Crippen molar-refractivity contribution >= 4 is 5.97 Å². The van der Waals surface area contributed by atoms with Gasteiger partial charge in [0.15, 0.2) is 0 Å². The van der Waals surface area contributed by atoms with E-state index in [0.717, 1.165) is 24.5 Å². The number of carboxylic acids is 1. The van der Waals surface area contributed by atoms with Crippen molar-refractivity contribution in [2.24, 2.45) is 0 Å². The zero-order valence-electron chi connectivity index (χ0n) is 11.4. The Kier molecular flexibility index (Phi) is 5.78. The molecule has 0 aliphatic carbocycles. The van der Waals surface area contributed by atoms with Crippen LogP contribution in [0.25, 0.3) is 0 Å². The van der Waals surface area contributed by atoms with Crippen molar-refractivity contribution in [1.82, 2.24) is 9.88 Å². The fourth-order valence-electron chi connectivity index (χ4n) is 1.99. The number of hydrogen-bond donors (Lipinski definition) is 1. The second kappa shape index (κ2) is 7.11. The third-order valence-corrected chi connectivity index (χ3v) is 3.12. The lowest BCUT2D eigenvalue weighted by atomic mass is 10.1. The summed E-state index contributed by atoms with van der Waals surface area (Å²) in [6.45, 7) is 7.82. The lowest BCUT2D eigenvalue weighted by molar-refractivity contribution is -0.137. The van der Waals surface area contributed by atoms with Crippen LogP contribution in [-0.4, -0.2) is 33.5 Å². The Labute approximate surface area is 109 Å². The summed E-state index contributed by atoms with van der Waals surface area (Å²) in [5, 5.41) is 8.71. The molecule has 1 unspecified atom stereocenters. The molecule has 0 saturated carbocycles. The maximum atomic E-state index is 10.6. The number of aryl methyl sites for hydroxylation is 1. The summed E-state index contributed by atoms with van der Waals surface area (Å²) >= 11 is 0. The molecule has 0 aliphatic rings. The van der Waals surface area contributed by atoms with Crippen LogP contribution in [0.5, 0.6) is 0 Å². The number of aliphatic carboxylic acids is 1. The van der Waals surface area contributed by atoms with Gasteiger partial charge in [0.2, 0.25) is 0 Å². The van der Waals surface area contributed by atoms with E-state index in [2.05, 4.69) is 23.7 Å².